The van der Waals surface area contributed by atoms with E-state index in [0.717, 1.165) is 25.7 Å². The predicted octanol–water partition coefficient (Wildman–Crippen LogP) is 2.76. The first-order valence-electron chi connectivity index (χ1n) is 7.29. The standard InChI is InChI=1S/C15H27NO3/c1-6-11(2)13(17)16-10-8-7-9-12(16)14(18)19-15(3,4)5/h11-12H,6-10H2,1-5H3/t11-,12-/m0/s1. The van der Waals surface area contributed by atoms with Crippen molar-refractivity contribution in [1.82, 2.24) is 4.90 Å². The van der Waals surface area contributed by atoms with Crippen molar-refractivity contribution in [2.24, 2.45) is 5.92 Å². The van der Waals surface area contributed by atoms with E-state index in [4.69, 9.17) is 4.74 Å². The number of hydrogen-bond donors (Lipinski definition) is 0. The Morgan fingerprint density at radius 1 is 1.32 bits per heavy atom. The number of hydrogen-bond acceptors (Lipinski definition) is 3. The first-order chi connectivity index (χ1) is 8.76. The van der Waals surface area contributed by atoms with Gasteiger partial charge in [0.05, 0.1) is 0 Å². The third-order valence-electron chi connectivity index (χ3n) is 3.50. The minimum atomic E-state index is -0.500. The van der Waals surface area contributed by atoms with E-state index >= 15 is 0 Å². The van der Waals surface area contributed by atoms with E-state index in [1.165, 1.54) is 0 Å². The van der Waals surface area contributed by atoms with E-state index in [9.17, 15) is 9.59 Å². The fourth-order valence-electron chi connectivity index (χ4n) is 2.27. The number of likely N-dealkylation sites (tertiary alicyclic amines) is 1. The molecule has 1 aliphatic rings. The maximum absolute atomic E-state index is 12.3. The summed E-state index contributed by atoms with van der Waals surface area (Å²) in [6.45, 7) is 10.2. The Hall–Kier alpha value is -1.06. The molecule has 0 bridgehead atoms. The van der Waals surface area contributed by atoms with Crippen molar-refractivity contribution in [2.45, 2.75) is 71.9 Å². The fraction of sp³-hybridized carbons (Fsp3) is 0.867. The highest BCUT2D eigenvalue weighted by Gasteiger charge is 2.36. The van der Waals surface area contributed by atoms with Crippen LogP contribution in [0.25, 0.3) is 0 Å². The lowest BCUT2D eigenvalue weighted by atomic mass is 9.98. The number of rotatable bonds is 3. The fourth-order valence-corrected chi connectivity index (χ4v) is 2.27. The highest BCUT2D eigenvalue weighted by Crippen LogP contribution is 2.23. The average Bonchev–Trinajstić information content (AvgIpc) is 2.35. The highest BCUT2D eigenvalue weighted by molar-refractivity contribution is 5.86. The van der Waals surface area contributed by atoms with Crippen molar-refractivity contribution in [2.75, 3.05) is 6.54 Å². The predicted molar refractivity (Wildman–Crippen MR) is 74.7 cm³/mol. The van der Waals surface area contributed by atoms with Crippen LogP contribution in [0, 0.1) is 5.92 Å². The van der Waals surface area contributed by atoms with Crippen LogP contribution in [0.15, 0.2) is 0 Å². The van der Waals surface area contributed by atoms with Gasteiger partial charge in [-0.15, -0.1) is 0 Å². The van der Waals surface area contributed by atoms with Crippen LogP contribution in [0.1, 0.15) is 60.3 Å². The van der Waals surface area contributed by atoms with Crippen LogP contribution >= 0.6 is 0 Å². The first kappa shape index (κ1) is 16.0. The number of carbonyl (C=O) groups is 2. The molecule has 0 unspecified atom stereocenters. The van der Waals surface area contributed by atoms with Crippen LogP contribution in [0.2, 0.25) is 0 Å². The van der Waals surface area contributed by atoms with E-state index in [2.05, 4.69) is 0 Å². The molecule has 0 aliphatic carbocycles. The Kier molecular flexibility index (Phi) is 5.39. The normalized spacial score (nSPS) is 21.9. The van der Waals surface area contributed by atoms with Gasteiger partial charge in [-0.2, -0.15) is 0 Å². The molecule has 0 N–H and O–H groups in total. The summed E-state index contributed by atoms with van der Waals surface area (Å²) in [4.78, 5) is 26.3. The van der Waals surface area contributed by atoms with Crippen LogP contribution in [-0.2, 0) is 14.3 Å². The van der Waals surface area contributed by atoms with Crippen molar-refractivity contribution in [3.05, 3.63) is 0 Å². The molecule has 1 heterocycles. The third-order valence-corrected chi connectivity index (χ3v) is 3.50. The molecule has 0 radical (unpaired) electrons. The number of piperidine rings is 1. The maximum Gasteiger partial charge on any atom is 0.329 e. The van der Waals surface area contributed by atoms with Crippen molar-refractivity contribution < 1.29 is 14.3 Å². The lowest BCUT2D eigenvalue weighted by Crippen LogP contribution is -2.51. The SMILES string of the molecule is CC[C@H](C)C(=O)N1CCCC[C@H]1C(=O)OC(C)(C)C. The Morgan fingerprint density at radius 3 is 2.47 bits per heavy atom. The summed E-state index contributed by atoms with van der Waals surface area (Å²) in [5.74, 6) is -0.204. The minimum Gasteiger partial charge on any atom is -0.458 e. The Bertz CT molecular complexity index is 333. The second kappa shape index (κ2) is 6.40. The number of esters is 1. The first-order valence-corrected chi connectivity index (χ1v) is 7.29. The second-order valence-corrected chi connectivity index (χ2v) is 6.39. The molecular weight excluding hydrogens is 242 g/mol. The molecule has 1 aliphatic heterocycles. The van der Waals surface area contributed by atoms with Crippen LogP contribution in [0.4, 0.5) is 0 Å². The molecule has 4 nitrogen and oxygen atoms in total. The molecule has 1 amide bonds. The maximum atomic E-state index is 12.3. The van der Waals surface area contributed by atoms with Crippen LogP contribution < -0.4 is 0 Å². The van der Waals surface area contributed by atoms with E-state index in [1.807, 2.05) is 34.6 Å². The molecule has 0 spiro atoms. The Labute approximate surface area is 116 Å². The number of ether oxygens (including phenoxy) is 1. The zero-order valence-corrected chi connectivity index (χ0v) is 12.9. The van der Waals surface area contributed by atoms with Gasteiger partial charge in [-0.05, 0) is 46.5 Å². The number of nitrogens with zero attached hydrogens (tertiary/aromatic N) is 1. The molecule has 4 heteroatoms. The third kappa shape index (κ3) is 4.51. The largest absolute Gasteiger partial charge is 0.458 e. The number of amides is 1. The summed E-state index contributed by atoms with van der Waals surface area (Å²) < 4.78 is 5.44. The number of carbonyl (C=O) groups excluding carboxylic acids is 2. The van der Waals surface area contributed by atoms with Gasteiger partial charge in [0.1, 0.15) is 11.6 Å². The zero-order chi connectivity index (χ0) is 14.6. The van der Waals surface area contributed by atoms with E-state index < -0.39 is 11.6 Å². The summed E-state index contributed by atoms with van der Waals surface area (Å²) in [6, 6.07) is -0.394. The molecule has 0 aromatic rings. The summed E-state index contributed by atoms with van der Waals surface area (Å²) in [7, 11) is 0. The van der Waals surface area contributed by atoms with Gasteiger partial charge in [-0.1, -0.05) is 13.8 Å². The minimum absolute atomic E-state index is 0.0250. The molecule has 1 rings (SSSR count). The van der Waals surface area contributed by atoms with Crippen LogP contribution in [0.5, 0.6) is 0 Å². The van der Waals surface area contributed by atoms with Crippen LogP contribution in [-0.4, -0.2) is 35.0 Å². The van der Waals surface area contributed by atoms with Crippen molar-refractivity contribution in [3.8, 4) is 0 Å². The molecule has 1 saturated heterocycles. The molecule has 110 valence electrons. The van der Waals surface area contributed by atoms with Gasteiger partial charge in [0, 0.05) is 12.5 Å². The van der Waals surface area contributed by atoms with E-state index in [0.29, 0.717) is 6.54 Å². The van der Waals surface area contributed by atoms with Crippen molar-refractivity contribution in [1.29, 1.82) is 0 Å². The molecule has 1 fully saturated rings. The molecule has 0 aromatic heterocycles. The Morgan fingerprint density at radius 2 is 1.95 bits per heavy atom. The van der Waals surface area contributed by atoms with Gasteiger partial charge < -0.3 is 9.64 Å². The monoisotopic (exact) mass is 269 g/mol. The van der Waals surface area contributed by atoms with Crippen molar-refractivity contribution in [3.63, 3.8) is 0 Å². The Balaban J connectivity index is 2.78. The zero-order valence-electron chi connectivity index (χ0n) is 12.9. The molecule has 0 aromatic carbocycles. The van der Waals surface area contributed by atoms with Gasteiger partial charge in [-0.25, -0.2) is 4.79 Å². The smallest absolute Gasteiger partial charge is 0.329 e. The molecule has 0 saturated carbocycles. The quantitative estimate of drug-likeness (QED) is 0.740. The van der Waals surface area contributed by atoms with Gasteiger partial charge >= 0.3 is 5.97 Å². The molecular formula is C15H27NO3. The summed E-state index contributed by atoms with van der Waals surface area (Å²) in [5, 5.41) is 0. The summed E-state index contributed by atoms with van der Waals surface area (Å²) in [5.41, 5.74) is -0.500. The van der Waals surface area contributed by atoms with E-state index in [1.54, 1.807) is 4.90 Å². The van der Waals surface area contributed by atoms with E-state index in [-0.39, 0.29) is 17.8 Å². The summed E-state index contributed by atoms with van der Waals surface area (Å²) >= 11 is 0. The van der Waals surface area contributed by atoms with Gasteiger partial charge in [-0.3, -0.25) is 4.79 Å². The second-order valence-electron chi connectivity index (χ2n) is 6.39. The topological polar surface area (TPSA) is 46.6 Å². The average molecular weight is 269 g/mol. The molecule has 19 heavy (non-hydrogen) atoms. The van der Waals surface area contributed by atoms with Gasteiger partial charge in [0.25, 0.3) is 0 Å². The van der Waals surface area contributed by atoms with Gasteiger partial charge in [0.2, 0.25) is 5.91 Å². The van der Waals surface area contributed by atoms with Crippen molar-refractivity contribution >= 4 is 11.9 Å². The lowest BCUT2D eigenvalue weighted by Gasteiger charge is -2.37. The van der Waals surface area contributed by atoms with Crippen LogP contribution in [0.3, 0.4) is 0 Å². The van der Waals surface area contributed by atoms with Gasteiger partial charge in [0.15, 0.2) is 0 Å². The summed E-state index contributed by atoms with van der Waals surface area (Å²) in [6.07, 6.45) is 3.48. The molecule has 2 atom stereocenters. The lowest BCUT2D eigenvalue weighted by molar-refractivity contribution is -0.167. The highest BCUT2D eigenvalue weighted by atomic mass is 16.6.